The van der Waals surface area contributed by atoms with Gasteiger partial charge in [-0.2, -0.15) is 0 Å². The van der Waals surface area contributed by atoms with E-state index in [4.69, 9.17) is 18.7 Å². The Balaban J connectivity index is 1.75. The lowest BCUT2D eigenvalue weighted by atomic mass is 10.1. The Kier molecular flexibility index (Phi) is 4.50. The molecule has 1 unspecified atom stereocenters. The predicted octanol–water partition coefficient (Wildman–Crippen LogP) is 2.91. The van der Waals surface area contributed by atoms with E-state index in [-0.39, 0.29) is 11.9 Å². The highest BCUT2D eigenvalue weighted by Crippen LogP contribution is 2.25. The van der Waals surface area contributed by atoms with E-state index in [9.17, 15) is 4.39 Å². The third kappa shape index (κ3) is 3.72. The fourth-order valence-corrected chi connectivity index (χ4v) is 1.94. The molecular weight excluding hydrogens is 289 g/mol. The molecule has 0 aliphatic carbocycles. The third-order valence-corrected chi connectivity index (χ3v) is 3.12. The second-order valence-electron chi connectivity index (χ2n) is 4.90. The maximum atomic E-state index is 14.0. The van der Waals surface area contributed by atoms with Gasteiger partial charge < -0.3 is 18.7 Å². The van der Waals surface area contributed by atoms with Crippen molar-refractivity contribution < 1.29 is 23.1 Å². The van der Waals surface area contributed by atoms with Crippen LogP contribution in [0.4, 0.5) is 4.39 Å². The quantitative estimate of drug-likeness (QED) is 0.736. The first-order valence-corrected chi connectivity index (χ1v) is 6.92. The van der Waals surface area contributed by atoms with Crippen molar-refractivity contribution in [2.45, 2.75) is 12.7 Å². The molecule has 0 saturated carbocycles. The van der Waals surface area contributed by atoms with Crippen LogP contribution in [0.15, 0.2) is 28.8 Å². The molecule has 2 aromatic rings. The Hall–Kier alpha value is -2.18. The fraction of sp³-hybridized carbons (Fsp3) is 0.312. The smallest absolute Gasteiger partial charge is 0.160 e. The lowest BCUT2D eigenvalue weighted by Gasteiger charge is -2.08. The van der Waals surface area contributed by atoms with Crippen molar-refractivity contribution in [3.8, 4) is 5.75 Å². The number of aromatic nitrogens is 1. The Labute approximate surface area is 127 Å². The highest BCUT2D eigenvalue weighted by Gasteiger charge is 2.23. The van der Waals surface area contributed by atoms with Gasteiger partial charge in [-0.3, -0.25) is 0 Å². The van der Waals surface area contributed by atoms with Crippen LogP contribution in [0.2, 0.25) is 0 Å². The standard InChI is InChI=1S/C16H16FNO4/c1-19-8-11-7-12(22-18-11)5-6-14-15(17)3-2-4-16(14)21-10-13-9-20-13/h2-7,13H,8-10H2,1H3/b6-5+. The van der Waals surface area contributed by atoms with Gasteiger partial charge in [0.05, 0.1) is 18.8 Å². The zero-order chi connectivity index (χ0) is 15.4. The number of hydrogen-bond acceptors (Lipinski definition) is 5. The molecular formula is C16H16FNO4. The molecule has 0 radical (unpaired) electrons. The van der Waals surface area contributed by atoms with E-state index in [1.54, 1.807) is 37.5 Å². The van der Waals surface area contributed by atoms with Crippen LogP contribution in [-0.2, 0) is 16.1 Å². The second-order valence-corrected chi connectivity index (χ2v) is 4.90. The van der Waals surface area contributed by atoms with Gasteiger partial charge in [-0.25, -0.2) is 4.39 Å². The summed E-state index contributed by atoms with van der Waals surface area (Å²) in [5, 5.41) is 3.84. The van der Waals surface area contributed by atoms with Crippen LogP contribution >= 0.6 is 0 Å². The first-order valence-electron chi connectivity index (χ1n) is 6.92. The molecule has 1 saturated heterocycles. The first kappa shape index (κ1) is 14.7. The van der Waals surface area contributed by atoms with E-state index >= 15 is 0 Å². The summed E-state index contributed by atoms with van der Waals surface area (Å²) in [4.78, 5) is 0. The number of benzene rings is 1. The molecule has 1 atom stereocenters. The second kappa shape index (κ2) is 6.72. The van der Waals surface area contributed by atoms with Crippen molar-refractivity contribution in [1.29, 1.82) is 0 Å². The minimum Gasteiger partial charge on any atom is -0.490 e. The molecule has 22 heavy (non-hydrogen) atoms. The molecule has 3 rings (SSSR count). The normalized spacial score (nSPS) is 17.1. The van der Waals surface area contributed by atoms with Gasteiger partial charge in [0.15, 0.2) is 5.76 Å². The van der Waals surface area contributed by atoms with Gasteiger partial charge in [-0.05, 0) is 24.3 Å². The predicted molar refractivity (Wildman–Crippen MR) is 77.8 cm³/mol. The topological polar surface area (TPSA) is 57.0 Å². The Morgan fingerprint density at radius 1 is 1.41 bits per heavy atom. The van der Waals surface area contributed by atoms with E-state index in [0.717, 1.165) is 0 Å². The molecule has 2 heterocycles. The number of epoxide rings is 1. The lowest BCUT2D eigenvalue weighted by Crippen LogP contribution is -2.05. The maximum absolute atomic E-state index is 14.0. The zero-order valence-electron chi connectivity index (χ0n) is 12.1. The number of hydrogen-bond donors (Lipinski definition) is 0. The molecule has 0 spiro atoms. The zero-order valence-corrected chi connectivity index (χ0v) is 12.1. The molecule has 1 fully saturated rings. The van der Waals surface area contributed by atoms with Crippen molar-refractivity contribution in [1.82, 2.24) is 5.16 Å². The van der Waals surface area contributed by atoms with Crippen molar-refractivity contribution in [3.63, 3.8) is 0 Å². The summed E-state index contributed by atoms with van der Waals surface area (Å²) in [5.41, 5.74) is 1.05. The average molecular weight is 305 g/mol. The molecule has 0 N–H and O–H groups in total. The van der Waals surface area contributed by atoms with Crippen molar-refractivity contribution in [2.75, 3.05) is 20.3 Å². The van der Waals surface area contributed by atoms with Gasteiger partial charge in [-0.15, -0.1) is 0 Å². The molecule has 0 bridgehead atoms. The van der Waals surface area contributed by atoms with E-state index in [2.05, 4.69) is 5.16 Å². The van der Waals surface area contributed by atoms with Crippen LogP contribution in [0.25, 0.3) is 12.2 Å². The van der Waals surface area contributed by atoms with Crippen molar-refractivity contribution >= 4 is 12.2 Å². The molecule has 1 aromatic carbocycles. The Morgan fingerprint density at radius 2 is 2.27 bits per heavy atom. The summed E-state index contributed by atoms with van der Waals surface area (Å²) in [6.45, 7) is 1.48. The van der Waals surface area contributed by atoms with Crippen LogP contribution in [0.1, 0.15) is 17.0 Å². The largest absolute Gasteiger partial charge is 0.490 e. The molecule has 116 valence electrons. The minimum absolute atomic E-state index is 0.117. The average Bonchev–Trinajstić information content (AvgIpc) is 3.24. The highest BCUT2D eigenvalue weighted by atomic mass is 19.1. The SMILES string of the molecule is COCc1cc(/C=C/c2c(F)cccc2OCC2CO2)on1. The fourth-order valence-electron chi connectivity index (χ4n) is 1.94. The summed E-state index contributed by atoms with van der Waals surface area (Å²) in [6.07, 6.45) is 3.37. The van der Waals surface area contributed by atoms with E-state index in [1.807, 2.05) is 0 Å². The van der Waals surface area contributed by atoms with Gasteiger partial charge in [0.25, 0.3) is 0 Å². The van der Waals surface area contributed by atoms with E-state index in [1.165, 1.54) is 6.07 Å². The van der Waals surface area contributed by atoms with E-state index in [0.29, 0.717) is 42.6 Å². The van der Waals surface area contributed by atoms with Crippen LogP contribution < -0.4 is 4.74 Å². The highest BCUT2D eigenvalue weighted by molar-refractivity contribution is 5.71. The van der Waals surface area contributed by atoms with Crippen molar-refractivity contribution in [3.05, 3.63) is 47.1 Å². The number of methoxy groups -OCH3 is 1. The van der Waals surface area contributed by atoms with Crippen LogP contribution in [0.3, 0.4) is 0 Å². The molecule has 1 aliphatic rings. The molecule has 1 aromatic heterocycles. The van der Waals surface area contributed by atoms with Crippen LogP contribution in [-0.4, -0.2) is 31.6 Å². The van der Waals surface area contributed by atoms with Crippen LogP contribution in [0.5, 0.6) is 5.75 Å². The number of halogens is 1. The number of nitrogens with zero attached hydrogens (tertiary/aromatic N) is 1. The summed E-state index contributed by atoms with van der Waals surface area (Å²) in [5.74, 6) is 0.636. The monoisotopic (exact) mass is 305 g/mol. The summed E-state index contributed by atoms with van der Waals surface area (Å²) >= 11 is 0. The third-order valence-electron chi connectivity index (χ3n) is 3.12. The molecule has 5 nitrogen and oxygen atoms in total. The molecule has 6 heteroatoms. The summed E-state index contributed by atoms with van der Waals surface area (Å²) in [6, 6.07) is 6.46. The van der Waals surface area contributed by atoms with Gasteiger partial charge >= 0.3 is 0 Å². The Bertz CT molecular complexity index is 664. The maximum Gasteiger partial charge on any atom is 0.160 e. The van der Waals surface area contributed by atoms with Gasteiger partial charge in [0.1, 0.15) is 30.0 Å². The van der Waals surface area contributed by atoms with Gasteiger partial charge in [0.2, 0.25) is 0 Å². The Morgan fingerprint density at radius 3 is 3.05 bits per heavy atom. The minimum atomic E-state index is -0.359. The summed E-state index contributed by atoms with van der Waals surface area (Å²) in [7, 11) is 1.58. The summed E-state index contributed by atoms with van der Waals surface area (Å²) < 4.78 is 34.8. The molecule has 0 amide bonds. The van der Waals surface area contributed by atoms with Gasteiger partial charge in [-0.1, -0.05) is 11.2 Å². The first-order chi connectivity index (χ1) is 10.8. The molecule has 1 aliphatic heterocycles. The van der Waals surface area contributed by atoms with Gasteiger partial charge in [0, 0.05) is 13.2 Å². The lowest BCUT2D eigenvalue weighted by molar-refractivity contribution is 0.177. The number of ether oxygens (including phenoxy) is 3. The van der Waals surface area contributed by atoms with E-state index < -0.39 is 0 Å². The number of rotatable bonds is 7. The van der Waals surface area contributed by atoms with Crippen molar-refractivity contribution in [2.24, 2.45) is 0 Å². The van der Waals surface area contributed by atoms with Crippen LogP contribution in [0, 0.1) is 5.82 Å².